The second kappa shape index (κ2) is 14.7. The highest BCUT2D eigenvalue weighted by molar-refractivity contribution is 7.26. The van der Waals surface area contributed by atoms with E-state index in [9.17, 15) is 23.3 Å². The molecule has 0 saturated heterocycles. The molecule has 0 N–H and O–H groups in total. The van der Waals surface area contributed by atoms with E-state index in [2.05, 4.69) is 0 Å². The van der Waals surface area contributed by atoms with Crippen molar-refractivity contribution in [1.29, 1.82) is 0 Å². The van der Waals surface area contributed by atoms with Gasteiger partial charge in [-0.2, -0.15) is 0 Å². The molecule has 0 aliphatic carbocycles. The van der Waals surface area contributed by atoms with Crippen LogP contribution in [-0.4, -0.2) is 17.2 Å². The van der Waals surface area contributed by atoms with Crippen LogP contribution in [0.3, 0.4) is 0 Å². The zero-order valence-electron chi connectivity index (χ0n) is 62.6. The van der Waals surface area contributed by atoms with E-state index < -0.39 is 266 Å². The van der Waals surface area contributed by atoms with E-state index in [0.29, 0.717) is 11.3 Å². The minimum absolute atomic E-state index is 0.138. The Hall–Kier alpha value is -7.76. The lowest BCUT2D eigenvalue weighted by Gasteiger charge is -2.35. The molecular formula is C60H40N2SSi. The van der Waals surface area contributed by atoms with E-state index >= 15 is 0 Å². The Morgan fingerprint density at radius 1 is 0.391 bits per heavy atom. The van der Waals surface area contributed by atoms with Gasteiger partial charge in [-0.3, -0.25) is 0 Å². The number of nitrogens with zero attached hydrogens (tertiary/aromatic N) is 2. The molecule has 4 heteroatoms. The Balaban J connectivity index is 1.29. The maximum absolute atomic E-state index is 10.6. The van der Waals surface area contributed by atoms with Crippen LogP contribution < -0.4 is 20.7 Å². The molecule has 0 amide bonds. The summed E-state index contributed by atoms with van der Waals surface area (Å²) in [7, 11) is -5.10. The molecular weight excluding hydrogens is 809 g/mol. The molecule has 2 nitrogen and oxygen atoms in total. The standard InChI is InChI=1S/C60H40N2SSi/c1-4-19-41(20-5-1)42-21-18-26-47(39-42)64(44-22-6-2-7-23-44,45-24-8-3-9-25-45)46-37-35-43(36-38-46)61-53-31-14-12-29-50(53)52-40-56(60-58(59(52)61)51-30-13-17-34-57(51)63-60)62-54-32-15-10-27-48(54)49-28-11-16-33-55(49)62/h1-40H/i1D,4D,5D,10D,11D,12D,13D,14D,15D,16D,17D,18D,19D,20D,21D,26D,27D,28D,29D,30D,31D,32D,33D,34D,35D,36D,37D,38D,39D,40D. The largest absolute Gasteiger partial charge is 0.309 e. The Bertz CT molecular complexity index is 5510. The van der Waals surface area contributed by atoms with Crippen molar-refractivity contribution >= 4 is 104 Å². The van der Waals surface area contributed by atoms with Crippen LogP contribution in [0, 0.1) is 0 Å². The van der Waals surface area contributed by atoms with Crippen LogP contribution in [0.2, 0.25) is 0 Å². The first-order valence-corrected chi connectivity index (χ1v) is 22.4. The molecule has 3 heterocycles. The SMILES string of the molecule is [2H]c1c([2H])c([2H])c(-c2c([2H])c([2H])c([2H])c([Si](c3ccccc3)(c3ccccc3)c3c([2H])c([2H])c(-n4c5c([2H])c([2H])c([2H])c([2H])c5c5c([2H])c(-n6c7c([2H])c([2H])c([2H])c([2H])c7c7c([2H])c([2H])c([2H])c([2H])c76)c6sc7c([2H])c([2H])c([2H])c([2H])c7c6c54)c([2H])c3[2H])c2[2H])c([2H])c1[2H]. The topological polar surface area (TPSA) is 9.86 Å². The average Bonchev–Trinajstić information content (AvgIpc) is 1.61. The molecule has 0 unspecified atom stereocenters. The van der Waals surface area contributed by atoms with E-state index in [1.165, 1.54) is 24.3 Å². The summed E-state index contributed by atoms with van der Waals surface area (Å²) in [5.41, 5.74) is -4.90. The number of hydrogen-bond donors (Lipinski definition) is 0. The summed E-state index contributed by atoms with van der Waals surface area (Å²) in [6.45, 7) is 0. The third-order valence-electron chi connectivity index (χ3n) is 11.3. The van der Waals surface area contributed by atoms with Crippen LogP contribution >= 0.6 is 11.3 Å². The molecule has 0 aliphatic rings. The van der Waals surface area contributed by atoms with E-state index in [1.807, 2.05) is 0 Å². The predicted molar refractivity (Wildman–Crippen MR) is 277 cm³/mol. The van der Waals surface area contributed by atoms with Crippen LogP contribution in [0.5, 0.6) is 0 Å². The first kappa shape index (κ1) is 17.8. The van der Waals surface area contributed by atoms with Gasteiger partial charge < -0.3 is 9.13 Å². The average molecular weight is 879 g/mol. The molecule has 13 rings (SSSR count). The second-order valence-electron chi connectivity index (χ2n) is 14.5. The van der Waals surface area contributed by atoms with Crippen molar-refractivity contribution in [2.75, 3.05) is 0 Å². The van der Waals surface area contributed by atoms with Crippen molar-refractivity contribution < 1.29 is 41.1 Å². The molecule has 0 saturated carbocycles. The highest BCUT2D eigenvalue weighted by Crippen LogP contribution is 2.47. The summed E-state index contributed by atoms with van der Waals surface area (Å²) < 4.78 is 283. The Morgan fingerprint density at radius 3 is 1.56 bits per heavy atom. The minimum Gasteiger partial charge on any atom is -0.309 e. The zero-order valence-corrected chi connectivity index (χ0v) is 34.4. The smallest absolute Gasteiger partial charge is 0.179 e. The Labute approximate surface area is 418 Å². The number of thiophene rings is 1. The van der Waals surface area contributed by atoms with E-state index in [4.69, 9.17) is 17.8 Å². The second-order valence-corrected chi connectivity index (χ2v) is 19.2. The van der Waals surface area contributed by atoms with Crippen molar-refractivity contribution in [2.24, 2.45) is 0 Å². The molecule has 0 aliphatic heterocycles. The van der Waals surface area contributed by atoms with Gasteiger partial charge in [-0.05, 0) is 74.2 Å². The molecule has 10 aromatic carbocycles. The monoisotopic (exact) mass is 878 g/mol. The number of hydrogen-bond acceptors (Lipinski definition) is 1. The predicted octanol–water partition coefficient (Wildman–Crippen LogP) is 13.3. The van der Waals surface area contributed by atoms with Gasteiger partial charge in [0.1, 0.15) is 0 Å². The fourth-order valence-corrected chi connectivity index (χ4v) is 13.9. The first-order valence-electron chi connectivity index (χ1n) is 34.6. The van der Waals surface area contributed by atoms with Gasteiger partial charge in [0.15, 0.2) is 8.07 Å². The fraction of sp³-hybridized carbons (Fsp3) is 0. The lowest BCUT2D eigenvalue weighted by Crippen LogP contribution is -2.74. The van der Waals surface area contributed by atoms with Gasteiger partial charge in [0, 0.05) is 42.7 Å². The van der Waals surface area contributed by atoms with Crippen LogP contribution in [0.25, 0.3) is 86.3 Å². The minimum atomic E-state index is -5.10. The van der Waals surface area contributed by atoms with Crippen molar-refractivity contribution in [3.8, 4) is 22.5 Å². The third kappa shape index (κ3) is 5.43. The molecule has 3 aromatic heterocycles. The summed E-state index contributed by atoms with van der Waals surface area (Å²) in [4.78, 5) is 0. The summed E-state index contributed by atoms with van der Waals surface area (Å²) in [6.07, 6.45) is 0. The molecule has 0 atom stereocenters. The summed E-state index contributed by atoms with van der Waals surface area (Å²) in [6, 6.07) is -10.3. The number of benzene rings is 10. The highest BCUT2D eigenvalue weighted by Gasteiger charge is 2.41. The number of para-hydroxylation sites is 3. The van der Waals surface area contributed by atoms with Gasteiger partial charge in [-0.15, -0.1) is 11.3 Å². The molecule has 0 radical (unpaired) electrons. The summed E-state index contributed by atoms with van der Waals surface area (Å²) in [5, 5.41) is -3.50. The van der Waals surface area contributed by atoms with Gasteiger partial charge in [-0.1, -0.05) is 200 Å². The normalized spacial score (nSPS) is 18.6. The van der Waals surface area contributed by atoms with E-state index in [0.717, 1.165) is 9.13 Å². The van der Waals surface area contributed by atoms with Gasteiger partial charge >= 0.3 is 0 Å². The van der Waals surface area contributed by atoms with Crippen molar-refractivity contribution in [3.63, 3.8) is 0 Å². The van der Waals surface area contributed by atoms with Gasteiger partial charge in [0.25, 0.3) is 0 Å². The lowest BCUT2D eigenvalue weighted by molar-refractivity contribution is 1.18. The lowest BCUT2D eigenvalue weighted by atomic mass is 10.1. The van der Waals surface area contributed by atoms with E-state index in [-0.39, 0.29) is 30.5 Å². The maximum Gasteiger partial charge on any atom is 0.179 e. The molecule has 0 bridgehead atoms. The van der Waals surface area contributed by atoms with Crippen LogP contribution in [0.15, 0.2) is 242 Å². The third-order valence-corrected chi connectivity index (χ3v) is 16.8. The number of fused-ring (bicyclic) bond motifs is 10. The maximum atomic E-state index is 10.6. The Kier molecular flexibility index (Phi) is 4.08. The van der Waals surface area contributed by atoms with Gasteiger partial charge in [0.2, 0.25) is 0 Å². The van der Waals surface area contributed by atoms with E-state index in [1.54, 1.807) is 36.4 Å². The fourth-order valence-electron chi connectivity index (χ4n) is 8.65. The van der Waals surface area contributed by atoms with Crippen molar-refractivity contribution in [2.45, 2.75) is 0 Å². The molecule has 13 aromatic rings. The quantitative estimate of drug-likeness (QED) is 0.112. The summed E-state index contributed by atoms with van der Waals surface area (Å²) >= 11 is 0.584. The highest BCUT2D eigenvalue weighted by atomic mass is 32.1. The number of aromatic nitrogens is 2. The first-order chi connectivity index (χ1) is 44.3. The van der Waals surface area contributed by atoms with Gasteiger partial charge in [-0.25, -0.2) is 0 Å². The van der Waals surface area contributed by atoms with Crippen LogP contribution in [0.1, 0.15) is 41.1 Å². The Morgan fingerprint density at radius 2 is 0.922 bits per heavy atom. The molecule has 64 heavy (non-hydrogen) atoms. The zero-order chi connectivity index (χ0) is 68.3. The molecule has 0 spiro atoms. The molecule has 300 valence electrons. The summed E-state index contributed by atoms with van der Waals surface area (Å²) in [5.74, 6) is 0. The van der Waals surface area contributed by atoms with Crippen molar-refractivity contribution in [3.05, 3.63) is 242 Å². The molecule has 0 fully saturated rings. The number of rotatable bonds is 7. The van der Waals surface area contributed by atoms with Crippen LogP contribution in [-0.2, 0) is 0 Å². The van der Waals surface area contributed by atoms with Gasteiger partial charge in [0.05, 0.1) is 73.6 Å². The van der Waals surface area contributed by atoms with Crippen LogP contribution in [0.4, 0.5) is 0 Å². The van der Waals surface area contributed by atoms with Crippen molar-refractivity contribution in [1.82, 2.24) is 9.13 Å².